The molecule has 0 amide bonds. The Kier molecular flexibility index (Phi) is 7.98. The van der Waals surface area contributed by atoms with Crippen LogP contribution in [-0.4, -0.2) is 76.9 Å². The Labute approximate surface area is 166 Å². The van der Waals surface area contributed by atoms with Crippen LogP contribution in [0.3, 0.4) is 0 Å². The number of ether oxygens (including phenoxy) is 4. The summed E-state index contributed by atoms with van der Waals surface area (Å²) in [6, 6.07) is 0.672. The second-order valence-electron chi connectivity index (χ2n) is 8.89. The van der Waals surface area contributed by atoms with E-state index in [4.69, 9.17) is 18.9 Å². The minimum atomic E-state index is 0.242. The average Bonchev–Trinajstić information content (AvgIpc) is 2.72. The molecular weight excluding hydrogens is 342 g/mol. The minimum absolute atomic E-state index is 0.242. The number of nitrogens with zero attached hydrogens (tertiary/aromatic N) is 1. The van der Waals surface area contributed by atoms with Crippen molar-refractivity contribution in [1.29, 1.82) is 0 Å². The van der Waals surface area contributed by atoms with Gasteiger partial charge < -0.3 is 23.8 Å². The monoisotopic (exact) mass is 383 g/mol. The van der Waals surface area contributed by atoms with Gasteiger partial charge in [-0.15, -0.1) is 0 Å². The van der Waals surface area contributed by atoms with Gasteiger partial charge in [0.05, 0.1) is 24.4 Å². The fraction of sp³-hybridized carbons (Fsp3) is 1.00. The number of methoxy groups -OCH3 is 4. The van der Waals surface area contributed by atoms with Crippen molar-refractivity contribution in [3.05, 3.63) is 0 Å². The number of rotatable bonds is 7. The summed E-state index contributed by atoms with van der Waals surface area (Å²) >= 11 is 0. The van der Waals surface area contributed by atoms with E-state index in [0.717, 1.165) is 50.0 Å². The van der Waals surface area contributed by atoms with Crippen LogP contribution >= 0.6 is 0 Å². The molecule has 0 spiro atoms. The number of likely N-dealkylation sites (tertiary alicyclic amines) is 1. The summed E-state index contributed by atoms with van der Waals surface area (Å²) in [5, 5.41) is 0. The van der Waals surface area contributed by atoms with Crippen molar-refractivity contribution in [2.75, 3.05) is 41.5 Å². The fourth-order valence-electron chi connectivity index (χ4n) is 6.28. The number of fused-ring (bicyclic) bond motifs is 1. The normalized spacial score (nSPS) is 43.4. The van der Waals surface area contributed by atoms with E-state index in [1.54, 1.807) is 0 Å². The van der Waals surface area contributed by atoms with Crippen LogP contribution in [0.1, 0.15) is 51.9 Å². The van der Waals surface area contributed by atoms with Crippen LogP contribution in [-0.2, 0) is 18.9 Å². The van der Waals surface area contributed by atoms with E-state index in [0.29, 0.717) is 6.04 Å². The van der Waals surface area contributed by atoms with Gasteiger partial charge in [0.1, 0.15) is 0 Å². The smallest absolute Gasteiger partial charge is 0.0836 e. The number of hydrogen-bond donors (Lipinski definition) is 0. The van der Waals surface area contributed by atoms with E-state index < -0.39 is 0 Å². The van der Waals surface area contributed by atoms with Crippen molar-refractivity contribution in [2.45, 2.75) is 82.3 Å². The van der Waals surface area contributed by atoms with Gasteiger partial charge in [-0.2, -0.15) is 0 Å². The highest BCUT2D eigenvalue weighted by atomic mass is 16.5. The van der Waals surface area contributed by atoms with Crippen molar-refractivity contribution < 1.29 is 18.9 Å². The lowest BCUT2D eigenvalue weighted by Crippen LogP contribution is -2.55. The van der Waals surface area contributed by atoms with Gasteiger partial charge in [-0.25, -0.2) is 0 Å². The highest BCUT2D eigenvalue weighted by Gasteiger charge is 2.46. The van der Waals surface area contributed by atoms with Gasteiger partial charge in [-0.3, -0.25) is 0 Å². The van der Waals surface area contributed by atoms with Crippen molar-refractivity contribution in [2.24, 2.45) is 17.8 Å². The first-order valence-corrected chi connectivity index (χ1v) is 11.0. The van der Waals surface area contributed by atoms with Crippen LogP contribution in [0.15, 0.2) is 0 Å². The molecule has 1 heterocycles. The van der Waals surface area contributed by atoms with Crippen LogP contribution in [0.4, 0.5) is 0 Å². The molecule has 0 aromatic rings. The Balaban J connectivity index is 1.69. The van der Waals surface area contributed by atoms with Gasteiger partial charge in [-0.05, 0) is 75.8 Å². The maximum absolute atomic E-state index is 5.83. The van der Waals surface area contributed by atoms with Gasteiger partial charge in [0.25, 0.3) is 0 Å². The van der Waals surface area contributed by atoms with Crippen LogP contribution in [0.5, 0.6) is 0 Å². The van der Waals surface area contributed by atoms with Gasteiger partial charge in [0.2, 0.25) is 0 Å². The molecule has 8 unspecified atom stereocenters. The molecule has 158 valence electrons. The van der Waals surface area contributed by atoms with E-state index in [-0.39, 0.29) is 24.4 Å². The fourth-order valence-corrected chi connectivity index (χ4v) is 6.28. The topological polar surface area (TPSA) is 40.2 Å². The zero-order chi connectivity index (χ0) is 19.4. The van der Waals surface area contributed by atoms with Gasteiger partial charge in [0.15, 0.2) is 0 Å². The third kappa shape index (κ3) is 4.69. The highest BCUT2D eigenvalue weighted by Crippen LogP contribution is 2.44. The molecule has 0 N–H and O–H groups in total. The Bertz CT molecular complexity index is 448. The molecule has 0 bridgehead atoms. The van der Waals surface area contributed by atoms with Gasteiger partial charge in [-0.1, -0.05) is 6.92 Å². The summed E-state index contributed by atoms with van der Waals surface area (Å²) in [5.41, 5.74) is 0. The molecule has 0 aromatic heterocycles. The number of hydrogen-bond acceptors (Lipinski definition) is 5. The summed E-state index contributed by atoms with van der Waals surface area (Å²) < 4.78 is 23.0. The van der Waals surface area contributed by atoms with E-state index >= 15 is 0 Å². The van der Waals surface area contributed by atoms with E-state index in [1.165, 1.54) is 25.8 Å². The van der Waals surface area contributed by atoms with Crippen LogP contribution in [0.25, 0.3) is 0 Å². The summed E-state index contributed by atoms with van der Waals surface area (Å²) in [4.78, 5) is 2.74. The predicted octanol–water partition coefficient (Wildman–Crippen LogP) is 3.36. The number of piperidine rings is 1. The highest BCUT2D eigenvalue weighted by molar-refractivity contribution is 4.98. The molecule has 0 aromatic carbocycles. The minimum Gasteiger partial charge on any atom is -0.379 e. The Morgan fingerprint density at radius 1 is 0.741 bits per heavy atom. The first kappa shape index (κ1) is 21.5. The Morgan fingerprint density at radius 2 is 1.37 bits per heavy atom. The Morgan fingerprint density at radius 3 is 2.00 bits per heavy atom. The summed E-state index contributed by atoms with van der Waals surface area (Å²) in [6.45, 7) is 4.71. The largest absolute Gasteiger partial charge is 0.379 e. The quantitative estimate of drug-likeness (QED) is 0.674. The van der Waals surface area contributed by atoms with Crippen molar-refractivity contribution in [1.82, 2.24) is 4.90 Å². The average molecular weight is 384 g/mol. The SMILES string of the molecule is CCN1CCC2CC(OC)C(OC)CC2C1CC1CCC(OC)C(OC)C1. The van der Waals surface area contributed by atoms with Gasteiger partial charge in [0, 0.05) is 34.5 Å². The first-order valence-electron chi connectivity index (χ1n) is 11.0. The van der Waals surface area contributed by atoms with Crippen LogP contribution in [0, 0.1) is 17.8 Å². The molecule has 5 nitrogen and oxygen atoms in total. The molecule has 27 heavy (non-hydrogen) atoms. The van der Waals surface area contributed by atoms with Crippen LogP contribution < -0.4 is 0 Å². The van der Waals surface area contributed by atoms with E-state index in [2.05, 4.69) is 11.8 Å². The lowest BCUT2D eigenvalue weighted by Gasteiger charge is -2.52. The van der Waals surface area contributed by atoms with Crippen LogP contribution in [0.2, 0.25) is 0 Å². The zero-order valence-corrected chi connectivity index (χ0v) is 18.1. The maximum atomic E-state index is 5.83. The first-order chi connectivity index (χ1) is 13.1. The summed E-state index contributed by atoms with van der Waals surface area (Å²) in [6.07, 6.45) is 9.44. The molecule has 5 heteroatoms. The molecule has 3 aliphatic rings. The molecule has 3 fully saturated rings. The van der Waals surface area contributed by atoms with E-state index in [9.17, 15) is 0 Å². The van der Waals surface area contributed by atoms with Gasteiger partial charge >= 0.3 is 0 Å². The molecule has 3 rings (SSSR count). The molecular formula is C22H41NO4. The second-order valence-corrected chi connectivity index (χ2v) is 8.89. The standard InChI is InChI=1S/C22H41NO4/c1-6-23-10-9-16-13-21(26-4)22(27-5)14-17(16)18(23)11-15-7-8-19(24-2)20(12-15)25-3/h15-22H,6-14H2,1-5H3. The van der Waals surface area contributed by atoms with Crippen molar-refractivity contribution in [3.63, 3.8) is 0 Å². The second kappa shape index (κ2) is 10.0. The molecule has 1 aliphatic heterocycles. The molecule has 8 atom stereocenters. The molecule has 0 radical (unpaired) electrons. The Hall–Kier alpha value is -0.200. The molecule has 2 saturated carbocycles. The summed E-state index contributed by atoms with van der Waals surface area (Å²) in [7, 11) is 7.35. The molecule has 1 saturated heterocycles. The van der Waals surface area contributed by atoms with E-state index in [1.807, 2.05) is 28.4 Å². The van der Waals surface area contributed by atoms with Crippen molar-refractivity contribution in [3.8, 4) is 0 Å². The lowest BCUT2D eigenvalue weighted by atomic mass is 9.66. The third-order valence-electron chi connectivity index (χ3n) is 7.84. The van der Waals surface area contributed by atoms with Crippen molar-refractivity contribution >= 4 is 0 Å². The molecule has 2 aliphatic carbocycles. The predicted molar refractivity (Wildman–Crippen MR) is 107 cm³/mol. The third-order valence-corrected chi connectivity index (χ3v) is 7.84. The zero-order valence-electron chi connectivity index (χ0n) is 18.1. The summed E-state index contributed by atoms with van der Waals surface area (Å²) in [5.74, 6) is 2.25. The maximum Gasteiger partial charge on any atom is 0.0836 e. The lowest BCUT2D eigenvalue weighted by molar-refractivity contribution is -0.118.